The SMILES string of the molecule is CC1C(C(=O)C(N)=O)c2c(OCC(=O)O)cccc2N1Cc1ccccc1. The lowest BCUT2D eigenvalue weighted by Crippen LogP contribution is -2.38. The first-order valence-corrected chi connectivity index (χ1v) is 8.52. The molecular formula is C20H20N2O5. The van der Waals surface area contributed by atoms with E-state index in [9.17, 15) is 14.4 Å². The van der Waals surface area contributed by atoms with Crippen molar-refractivity contribution in [3.05, 3.63) is 59.7 Å². The van der Waals surface area contributed by atoms with Gasteiger partial charge in [-0.3, -0.25) is 9.59 Å². The molecule has 0 spiro atoms. The highest BCUT2D eigenvalue weighted by Gasteiger charge is 2.43. The Balaban J connectivity index is 2.05. The molecule has 140 valence electrons. The normalized spacial score (nSPS) is 18.0. The van der Waals surface area contributed by atoms with Crippen LogP contribution in [-0.2, 0) is 20.9 Å². The van der Waals surface area contributed by atoms with E-state index >= 15 is 0 Å². The van der Waals surface area contributed by atoms with Crippen LogP contribution in [0.25, 0.3) is 0 Å². The molecule has 0 saturated heterocycles. The monoisotopic (exact) mass is 368 g/mol. The van der Waals surface area contributed by atoms with Crippen molar-refractivity contribution in [3.8, 4) is 5.75 Å². The Morgan fingerprint density at radius 2 is 1.81 bits per heavy atom. The number of hydrogen-bond acceptors (Lipinski definition) is 5. The van der Waals surface area contributed by atoms with Crippen molar-refractivity contribution in [3.63, 3.8) is 0 Å². The van der Waals surface area contributed by atoms with Crippen molar-refractivity contribution in [2.24, 2.45) is 5.73 Å². The van der Waals surface area contributed by atoms with E-state index in [4.69, 9.17) is 15.6 Å². The molecule has 0 saturated carbocycles. The molecule has 3 N–H and O–H groups in total. The fourth-order valence-electron chi connectivity index (χ4n) is 3.51. The second-order valence-corrected chi connectivity index (χ2v) is 6.43. The molecule has 1 heterocycles. The van der Waals surface area contributed by atoms with Gasteiger partial charge in [0.25, 0.3) is 5.91 Å². The second-order valence-electron chi connectivity index (χ2n) is 6.43. The van der Waals surface area contributed by atoms with Crippen LogP contribution in [0.5, 0.6) is 5.75 Å². The lowest BCUT2D eigenvalue weighted by Gasteiger charge is -2.26. The average molecular weight is 368 g/mol. The number of carboxylic acid groups (broad SMARTS) is 1. The number of anilines is 1. The van der Waals surface area contributed by atoms with Gasteiger partial charge in [0, 0.05) is 23.8 Å². The zero-order chi connectivity index (χ0) is 19.6. The van der Waals surface area contributed by atoms with Crippen LogP contribution in [0.4, 0.5) is 5.69 Å². The predicted molar refractivity (Wildman–Crippen MR) is 98.6 cm³/mol. The number of Topliss-reactive ketones (excluding diaryl/α,β-unsaturated/α-hetero) is 1. The Hall–Kier alpha value is -3.35. The number of ketones is 1. The van der Waals surface area contributed by atoms with Gasteiger partial charge in [0.05, 0.1) is 5.92 Å². The summed E-state index contributed by atoms with van der Waals surface area (Å²) in [5.74, 6) is -3.40. The van der Waals surface area contributed by atoms with Crippen LogP contribution < -0.4 is 15.4 Å². The van der Waals surface area contributed by atoms with Gasteiger partial charge in [0.2, 0.25) is 5.78 Å². The average Bonchev–Trinajstić information content (AvgIpc) is 2.92. The van der Waals surface area contributed by atoms with Crippen molar-refractivity contribution in [2.45, 2.75) is 25.4 Å². The fraction of sp³-hybridized carbons (Fsp3) is 0.250. The van der Waals surface area contributed by atoms with Crippen LogP contribution in [0, 0.1) is 0 Å². The van der Waals surface area contributed by atoms with E-state index < -0.39 is 30.2 Å². The third kappa shape index (κ3) is 3.62. The first-order valence-electron chi connectivity index (χ1n) is 8.52. The van der Waals surface area contributed by atoms with E-state index in [1.165, 1.54) is 0 Å². The number of amides is 1. The van der Waals surface area contributed by atoms with Gasteiger partial charge in [0.15, 0.2) is 6.61 Å². The number of ether oxygens (including phenoxy) is 1. The van der Waals surface area contributed by atoms with Crippen LogP contribution in [0.2, 0.25) is 0 Å². The number of carbonyl (C=O) groups excluding carboxylic acids is 2. The van der Waals surface area contributed by atoms with Gasteiger partial charge < -0.3 is 20.5 Å². The number of fused-ring (bicyclic) bond motifs is 1. The van der Waals surface area contributed by atoms with Gasteiger partial charge in [-0.15, -0.1) is 0 Å². The Labute approximate surface area is 156 Å². The summed E-state index contributed by atoms with van der Waals surface area (Å²) in [7, 11) is 0. The molecule has 0 radical (unpaired) electrons. The van der Waals surface area contributed by atoms with Gasteiger partial charge in [-0.1, -0.05) is 36.4 Å². The Morgan fingerprint density at radius 3 is 2.44 bits per heavy atom. The quantitative estimate of drug-likeness (QED) is 0.720. The third-order valence-electron chi connectivity index (χ3n) is 4.71. The standard InChI is InChI=1S/C20H20N2O5/c1-12-17(19(25)20(21)26)18-14(8-5-9-15(18)27-11-16(23)24)22(12)10-13-6-3-2-4-7-13/h2-9,12,17H,10-11H2,1H3,(H2,21,26)(H,23,24). The van der Waals surface area contributed by atoms with E-state index in [1.807, 2.05) is 48.2 Å². The van der Waals surface area contributed by atoms with Gasteiger partial charge >= 0.3 is 5.97 Å². The number of benzene rings is 2. The molecule has 0 bridgehead atoms. The second kappa shape index (κ2) is 7.49. The van der Waals surface area contributed by atoms with Gasteiger partial charge in [-0.05, 0) is 24.6 Å². The highest BCUT2D eigenvalue weighted by atomic mass is 16.5. The molecule has 27 heavy (non-hydrogen) atoms. The molecule has 1 amide bonds. The van der Waals surface area contributed by atoms with Gasteiger partial charge in [-0.25, -0.2) is 4.79 Å². The zero-order valence-electron chi connectivity index (χ0n) is 14.8. The largest absolute Gasteiger partial charge is 0.482 e. The summed E-state index contributed by atoms with van der Waals surface area (Å²) in [6.45, 7) is 1.83. The lowest BCUT2D eigenvalue weighted by atomic mass is 9.90. The summed E-state index contributed by atoms with van der Waals surface area (Å²) in [4.78, 5) is 37.0. The molecule has 2 atom stereocenters. The minimum Gasteiger partial charge on any atom is -0.482 e. The summed E-state index contributed by atoms with van der Waals surface area (Å²) in [5.41, 5.74) is 7.54. The summed E-state index contributed by atoms with van der Waals surface area (Å²) in [5, 5.41) is 8.91. The molecular weight excluding hydrogens is 348 g/mol. The molecule has 1 aliphatic heterocycles. The first-order chi connectivity index (χ1) is 12.9. The number of rotatable bonds is 7. The smallest absolute Gasteiger partial charge is 0.341 e. The van der Waals surface area contributed by atoms with Crippen LogP contribution in [0.15, 0.2) is 48.5 Å². The highest BCUT2D eigenvalue weighted by Crippen LogP contribution is 2.47. The molecule has 7 heteroatoms. The highest BCUT2D eigenvalue weighted by molar-refractivity contribution is 6.38. The summed E-state index contributed by atoms with van der Waals surface area (Å²) in [6.07, 6.45) is 0. The van der Waals surface area contributed by atoms with E-state index in [1.54, 1.807) is 12.1 Å². The molecule has 3 rings (SSSR count). The van der Waals surface area contributed by atoms with Crippen LogP contribution in [-0.4, -0.2) is 35.4 Å². The topological polar surface area (TPSA) is 110 Å². The number of nitrogens with zero attached hydrogens (tertiary/aromatic N) is 1. The molecule has 2 aromatic rings. The molecule has 0 fully saturated rings. The number of carboxylic acids is 1. The van der Waals surface area contributed by atoms with E-state index in [0.29, 0.717) is 12.1 Å². The summed E-state index contributed by atoms with van der Waals surface area (Å²) >= 11 is 0. The Bertz CT molecular complexity index is 881. The number of aliphatic carboxylic acids is 1. The molecule has 0 aliphatic carbocycles. The van der Waals surface area contributed by atoms with E-state index in [0.717, 1.165) is 11.3 Å². The zero-order valence-corrected chi connectivity index (χ0v) is 14.8. The van der Waals surface area contributed by atoms with Gasteiger partial charge in [0.1, 0.15) is 5.75 Å². The van der Waals surface area contributed by atoms with E-state index in [2.05, 4.69) is 0 Å². The molecule has 2 aromatic carbocycles. The van der Waals surface area contributed by atoms with Crippen LogP contribution >= 0.6 is 0 Å². The van der Waals surface area contributed by atoms with Crippen LogP contribution in [0.1, 0.15) is 24.0 Å². The maximum atomic E-state index is 12.5. The molecule has 1 aliphatic rings. The van der Waals surface area contributed by atoms with Crippen molar-refractivity contribution in [2.75, 3.05) is 11.5 Å². The predicted octanol–water partition coefficient (Wildman–Crippen LogP) is 1.70. The minimum atomic E-state index is -1.13. The number of nitrogens with two attached hydrogens (primary N) is 1. The summed E-state index contributed by atoms with van der Waals surface area (Å²) < 4.78 is 5.39. The first kappa shape index (κ1) is 18.4. The summed E-state index contributed by atoms with van der Waals surface area (Å²) in [6, 6.07) is 14.5. The molecule has 0 aromatic heterocycles. The third-order valence-corrected chi connectivity index (χ3v) is 4.71. The van der Waals surface area contributed by atoms with E-state index in [-0.39, 0.29) is 11.8 Å². The number of carbonyl (C=O) groups is 3. The van der Waals surface area contributed by atoms with Crippen molar-refractivity contribution >= 4 is 23.3 Å². The maximum Gasteiger partial charge on any atom is 0.341 e. The lowest BCUT2D eigenvalue weighted by molar-refractivity contribution is -0.139. The minimum absolute atomic E-state index is 0.275. The molecule has 7 nitrogen and oxygen atoms in total. The number of hydrogen-bond donors (Lipinski definition) is 2. The van der Waals surface area contributed by atoms with Crippen molar-refractivity contribution < 1.29 is 24.2 Å². The molecule has 2 unspecified atom stereocenters. The Kier molecular flexibility index (Phi) is 5.12. The number of primary amides is 1. The maximum absolute atomic E-state index is 12.5. The van der Waals surface area contributed by atoms with Crippen molar-refractivity contribution in [1.82, 2.24) is 0 Å². The van der Waals surface area contributed by atoms with Crippen LogP contribution in [0.3, 0.4) is 0 Å². The van der Waals surface area contributed by atoms with Crippen molar-refractivity contribution in [1.29, 1.82) is 0 Å². The Morgan fingerprint density at radius 1 is 1.11 bits per heavy atom. The van der Waals surface area contributed by atoms with Gasteiger partial charge in [-0.2, -0.15) is 0 Å². The fourth-order valence-corrected chi connectivity index (χ4v) is 3.51.